The number of ether oxygens (including phenoxy) is 2. The van der Waals surface area contributed by atoms with Gasteiger partial charge in [0.05, 0.1) is 6.10 Å². The Labute approximate surface area is 180 Å². The van der Waals surface area contributed by atoms with Gasteiger partial charge in [0.25, 0.3) is 0 Å². The third kappa shape index (κ3) is 4.94. The van der Waals surface area contributed by atoms with Crippen LogP contribution in [0.3, 0.4) is 0 Å². The number of ketones is 2. The van der Waals surface area contributed by atoms with Crippen LogP contribution in [0.4, 0.5) is 8.78 Å². The summed E-state index contributed by atoms with van der Waals surface area (Å²) in [5.74, 6) is -5.92. The number of aliphatic hydroxyl groups is 1. The van der Waals surface area contributed by atoms with Crippen molar-refractivity contribution in [3.8, 4) is 0 Å². The zero-order valence-electron chi connectivity index (χ0n) is 17.3. The number of allylic oxidation sites excluding steroid dienone is 1. The van der Waals surface area contributed by atoms with Gasteiger partial charge in [-0.2, -0.15) is 8.78 Å². The van der Waals surface area contributed by atoms with E-state index in [2.05, 4.69) is 0 Å². The van der Waals surface area contributed by atoms with Crippen LogP contribution in [-0.4, -0.2) is 47.7 Å². The van der Waals surface area contributed by atoms with Gasteiger partial charge in [0, 0.05) is 25.4 Å². The largest absolute Gasteiger partial charge is 0.385 e. The number of halogens is 2. The second-order valence-corrected chi connectivity index (χ2v) is 8.82. The number of aliphatic hydroxyl groups excluding tert-OH is 1. The van der Waals surface area contributed by atoms with Crippen LogP contribution in [-0.2, 0) is 25.5 Å². The Bertz CT molecular complexity index is 819. The second kappa shape index (κ2) is 9.27. The molecule has 5 nitrogen and oxygen atoms in total. The average Bonchev–Trinajstić information content (AvgIpc) is 3.22. The third-order valence-corrected chi connectivity index (χ3v) is 6.71. The molecule has 31 heavy (non-hydrogen) atoms. The summed E-state index contributed by atoms with van der Waals surface area (Å²) in [6.07, 6.45) is 3.23. The maximum Gasteiger partial charge on any atom is 0.313 e. The highest BCUT2D eigenvalue weighted by atomic mass is 19.3. The summed E-state index contributed by atoms with van der Waals surface area (Å²) in [5, 5.41) is 10.2. The number of Topliss-reactive ketones (excluding diaryl/α,β-unsaturated/α-hetero) is 1. The lowest BCUT2D eigenvalue weighted by molar-refractivity contribution is -0.193. The highest BCUT2D eigenvalue weighted by Gasteiger charge is 2.53. The first-order valence-corrected chi connectivity index (χ1v) is 11.0. The van der Waals surface area contributed by atoms with E-state index in [0.29, 0.717) is 18.6 Å². The van der Waals surface area contributed by atoms with E-state index in [-0.39, 0.29) is 36.4 Å². The van der Waals surface area contributed by atoms with Crippen molar-refractivity contribution in [1.82, 2.24) is 0 Å². The molecule has 0 amide bonds. The van der Waals surface area contributed by atoms with E-state index in [4.69, 9.17) is 9.47 Å². The van der Waals surface area contributed by atoms with Crippen LogP contribution < -0.4 is 0 Å². The monoisotopic (exact) mass is 434 g/mol. The van der Waals surface area contributed by atoms with E-state index in [1.807, 2.05) is 0 Å². The molecule has 2 aliphatic carbocycles. The zero-order chi connectivity index (χ0) is 22.0. The minimum atomic E-state index is -3.52. The quantitative estimate of drug-likeness (QED) is 0.665. The van der Waals surface area contributed by atoms with Crippen molar-refractivity contribution in [2.75, 3.05) is 6.61 Å². The molecule has 0 bridgehead atoms. The Hall–Kier alpha value is -1.96. The first kappa shape index (κ1) is 22.2. The molecular weight excluding hydrogens is 406 g/mol. The van der Waals surface area contributed by atoms with E-state index in [1.165, 1.54) is 6.08 Å². The zero-order valence-corrected chi connectivity index (χ0v) is 17.3. The summed E-state index contributed by atoms with van der Waals surface area (Å²) in [6.45, 7) is 0.607. The number of fused-ring (bicyclic) bond motifs is 1. The van der Waals surface area contributed by atoms with E-state index in [9.17, 15) is 23.5 Å². The Morgan fingerprint density at radius 2 is 2.00 bits per heavy atom. The van der Waals surface area contributed by atoms with Crippen molar-refractivity contribution in [3.63, 3.8) is 0 Å². The summed E-state index contributed by atoms with van der Waals surface area (Å²) in [4.78, 5) is 24.3. The van der Waals surface area contributed by atoms with E-state index >= 15 is 0 Å². The molecule has 1 aliphatic heterocycles. The second-order valence-electron chi connectivity index (χ2n) is 8.82. The normalized spacial score (nSPS) is 33.7. The maximum atomic E-state index is 14.5. The minimum Gasteiger partial charge on any atom is -0.385 e. The smallest absolute Gasteiger partial charge is 0.313 e. The highest BCUT2D eigenvalue weighted by Crippen LogP contribution is 2.48. The van der Waals surface area contributed by atoms with Crippen molar-refractivity contribution in [2.45, 2.75) is 62.9 Å². The Kier molecular flexibility index (Phi) is 6.65. The third-order valence-electron chi connectivity index (χ3n) is 6.71. The van der Waals surface area contributed by atoms with Gasteiger partial charge in [-0.1, -0.05) is 36.4 Å². The molecule has 2 saturated carbocycles. The van der Waals surface area contributed by atoms with Crippen molar-refractivity contribution in [3.05, 3.63) is 48.0 Å². The average molecular weight is 434 g/mol. The standard InChI is InChI=1S/C24H28F2O5/c25-24(26,14-15-6-2-1-3-7-15)21(28)10-9-16-17-12-19(27)23(29)18(17)13-20(16)31-22-8-4-5-11-30-22/h1-3,6-7,9-10,16-18,20,22-23,29H,4-5,8,11-14H2/b10-9+/t16-,17+,18+,20-,22?,23?/m1/s1. The van der Waals surface area contributed by atoms with Crippen molar-refractivity contribution in [2.24, 2.45) is 17.8 Å². The van der Waals surface area contributed by atoms with E-state index in [0.717, 1.165) is 25.3 Å². The lowest BCUT2D eigenvalue weighted by Gasteiger charge is -2.29. The van der Waals surface area contributed by atoms with Crippen LogP contribution in [0.25, 0.3) is 0 Å². The molecule has 1 aromatic rings. The summed E-state index contributed by atoms with van der Waals surface area (Å²) >= 11 is 0. The number of alkyl halides is 2. The van der Waals surface area contributed by atoms with Crippen LogP contribution in [0.15, 0.2) is 42.5 Å². The molecule has 168 valence electrons. The van der Waals surface area contributed by atoms with Gasteiger partial charge in [-0.3, -0.25) is 9.59 Å². The molecule has 6 atom stereocenters. The fraction of sp³-hybridized carbons (Fsp3) is 0.583. The fourth-order valence-corrected chi connectivity index (χ4v) is 5.09. The number of hydrogen-bond acceptors (Lipinski definition) is 5. The minimum absolute atomic E-state index is 0.167. The molecule has 1 aromatic carbocycles. The maximum absolute atomic E-state index is 14.5. The van der Waals surface area contributed by atoms with Crippen molar-refractivity contribution < 1.29 is 33.0 Å². The lowest BCUT2D eigenvalue weighted by Crippen LogP contribution is -2.32. The van der Waals surface area contributed by atoms with Crippen LogP contribution in [0, 0.1) is 17.8 Å². The fourth-order valence-electron chi connectivity index (χ4n) is 5.09. The first-order valence-electron chi connectivity index (χ1n) is 11.0. The molecule has 1 saturated heterocycles. The van der Waals surface area contributed by atoms with Gasteiger partial charge in [-0.05, 0) is 49.2 Å². The predicted octanol–water partition coefficient (Wildman–Crippen LogP) is 3.49. The van der Waals surface area contributed by atoms with Gasteiger partial charge in [0.1, 0.15) is 6.10 Å². The summed E-state index contributed by atoms with van der Waals surface area (Å²) in [6, 6.07) is 8.16. The molecule has 3 fully saturated rings. The number of benzene rings is 1. The molecule has 1 heterocycles. The molecule has 0 radical (unpaired) electrons. The molecule has 4 rings (SSSR count). The molecule has 7 heteroatoms. The molecule has 3 aliphatic rings. The Morgan fingerprint density at radius 1 is 1.23 bits per heavy atom. The van der Waals surface area contributed by atoms with Gasteiger partial charge in [-0.15, -0.1) is 0 Å². The van der Waals surface area contributed by atoms with Crippen LogP contribution >= 0.6 is 0 Å². The molecular formula is C24H28F2O5. The summed E-state index contributed by atoms with van der Waals surface area (Å²) in [7, 11) is 0. The van der Waals surface area contributed by atoms with Gasteiger partial charge in [0.15, 0.2) is 12.1 Å². The van der Waals surface area contributed by atoms with Gasteiger partial charge < -0.3 is 14.6 Å². The summed E-state index contributed by atoms with van der Waals surface area (Å²) in [5.41, 5.74) is 0.385. The van der Waals surface area contributed by atoms with Gasteiger partial charge >= 0.3 is 5.92 Å². The molecule has 2 unspecified atom stereocenters. The van der Waals surface area contributed by atoms with Gasteiger partial charge in [-0.25, -0.2) is 0 Å². The number of hydrogen-bond donors (Lipinski definition) is 1. The topological polar surface area (TPSA) is 72.8 Å². The van der Waals surface area contributed by atoms with Gasteiger partial charge in [0.2, 0.25) is 5.78 Å². The highest BCUT2D eigenvalue weighted by molar-refractivity contribution is 5.96. The van der Waals surface area contributed by atoms with E-state index in [1.54, 1.807) is 30.3 Å². The van der Waals surface area contributed by atoms with E-state index < -0.39 is 30.1 Å². The van der Waals surface area contributed by atoms with Crippen LogP contribution in [0.2, 0.25) is 0 Å². The van der Waals surface area contributed by atoms with Crippen LogP contribution in [0.5, 0.6) is 0 Å². The van der Waals surface area contributed by atoms with Crippen LogP contribution in [0.1, 0.15) is 37.7 Å². The van der Waals surface area contributed by atoms with Crippen molar-refractivity contribution >= 4 is 11.6 Å². The summed E-state index contributed by atoms with van der Waals surface area (Å²) < 4.78 is 40.7. The molecule has 0 spiro atoms. The first-order chi connectivity index (χ1) is 14.8. The number of carbonyl (C=O) groups excluding carboxylic acids is 2. The molecule has 0 aromatic heterocycles. The lowest BCUT2D eigenvalue weighted by atomic mass is 9.90. The van der Waals surface area contributed by atoms with Crippen molar-refractivity contribution in [1.29, 1.82) is 0 Å². The predicted molar refractivity (Wildman–Crippen MR) is 108 cm³/mol. The number of carbonyl (C=O) groups is 2. The SMILES string of the molecule is O=C1C[C@H]2[C@@H](/C=C/C(=O)C(F)(F)Cc3ccccc3)[C@H](OC3CCCCO3)C[C@@H]2C1O. The Balaban J connectivity index is 1.47. The Morgan fingerprint density at radius 3 is 2.71 bits per heavy atom. The molecule has 1 N–H and O–H groups in total. The number of rotatable bonds is 7.